The Morgan fingerprint density at radius 1 is 1.00 bits per heavy atom. The van der Waals surface area contributed by atoms with E-state index in [0.717, 1.165) is 15.6 Å². The summed E-state index contributed by atoms with van der Waals surface area (Å²) >= 11 is 6.06. The van der Waals surface area contributed by atoms with Crippen molar-refractivity contribution in [3.63, 3.8) is 0 Å². The lowest BCUT2D eigenvalue weighted by Gasteiger charge is -2.26. The van der Waals surface area contributed by atoms with Gasteiger partial charge in [0.2, 0.25) is 5.91 Å². The third kappa shape index (κ3) is 6.27. The van der Waals surface area contributed by atoms with Crippen LogP contribution in [-0.2, 0) is 14.8 Å². The summed E-state index contributed by atoms with van der Waals surface area (Å²) in [5, 5.41) is 3.31. The minimum absolute atomic E-state index is 0.100. The number of nitrogens with zero attached hydrogens (tertiary/aromatic N) is 1. The fourth-order valence-electron chi connectivity index (χ4n) is 3.34. The lowest BCUT2D eigenvalue weighted by Crippen LogP contribution is -2.45. The zero-order valence-electron chi connectivity index (χ0n) is 18.8. The Morgan fingerprint density at radius 3 is 2.33 bits per heavy atom. The van der Waals surface area contributed by atoms with Crippen molar-refractivity contribution in [1.29, 1.82) is 0 Å². The summed E-state index contributed by atoms with van der Waals surface area (Å²) < 4.78 is 33.8. The number of sulfonamides is 1. The van der Waals surface area contributed by atoms with E-state index in [9.17, 15) is 13.2 Å². The number of carbonyl (C=O) groups excluding carboxylic acids is 1. The molecule has 0 saturated heterocycles. The Morgan fingerprint density at radius 2 is 1.67 bits per heavy atom. The normalized spacial score (nSPS) is 12.1. The second kappa shape index (κ2) is 10.7. The molecule has 0 fully saturated rings. The lowest BCUT2D eigenvalue weighted by atomic mass is 10.2. The van der Waals surface area contributed by atoms with Crippen molar-refractivity contribution in [2.24, 2.45) is 0 Å². The van der Waals surface area contributed by atoms with Crippen LogP contribution in [0, 0.1) is 13.8 Å². The number of hydrogen-bond acceptors (Lipinski definition) is 4. The highest BCUT2D eigenvalue weighted by atomic mass is 35.5. The van der Waals surface area contributed by atoms with Gasteiger partial charge in [-0.15, -0.1) is 0 Å². The number of ether oxygens (including phenoxy) is 1. The molecule has 0 aliphatic rings. The highest BCUT2D eigenvalue weighted by molar-refractivity contribution is 7.92. The van der Waals surface area contributed by atoms with Gasteiger partial charge in [0.15, 0.2) is 0 Å². The molecule has 0 radical (unpaired) electrons. The van der Waals surface area contributed by atoms with Gasteiger partial charge in [-0.25, -0.2) is 8.42 Å². The Kier molecular flexibility index (Phi) is 8.00. The average molecular weight is 487 g/mol. The first-order chi connectivity index (χ1) is 15.7. The van der Waals surface area contributed by atoms with Crippen molar-refractivity contribution in [3.8, 4) is 5.75 Å². The second-order valence-electron chi connectivity index (χ2n) is 7.80. The first kappa shape index (κ1) is 24.6. The van der Waals surface area contributed by atoms with Crippen LogP contribution in [0.15, 0.2) is 77.7 Å². The largest absolute Gasteiger partial charge is 0.491 e. The predicted molar refractivity (Wildman–Crippen MR) is 131 cm³/mol. The van der Waals surface area contributed by atoms with Crippen LogP contribution < -0.4 is 14.4 Å². The molecular weight excluding hydrogens is 460 g/mol. The molecule has 1 atom stereocenters. The van der Waals surface area contributed by atoms with Crippen LogP contribution in [0.4, 0.5) is 5.69 Å². The average Bonchev–Trinajstić information content (AvgIpc) is 2.78. The molecule has 6 nitrogen and oxygen atoms in total. The number of carbonyl (C=O) groups is 1. The molecular formula is C25H27ClN2O4S. The van der Waals surface area contributed by atoms with Crippen LogP contribution >= 0.6 is 11.6 Å². The summed E-state index contributed by atoms with van der Waals surface area (Å²) in [5.74, 6) is 0.299. The maximum atomic E-state index is 13.4. The molecule has 1 unspecified atom stereocenters. The van der Waals surface area contributed by atoms with E-state index in [-0.39, 0.29) is 24.1 Å². The number of para-hydroxylation sites is 1. The number of anilines is 1. The van der Waals surface area contributed by atoms with Gasteiger partial charge in [-0.05, 0) is 68.3 Å². The summed E-state index contributed by atoms with van der Waals surface area (Å²) in [6, 6.07) is 20.2. The van der Waals surface area contributed by atoms with Crippen molar-refractivity contribution in [2.45, 2.75) is 31.7 Å². The third-order valence-corrected chi connectivity index (χ3v) is 7.04. The van der Waals surface area contributed by atoms with Crippen LogP contribution in [0.2, 0.25) is 5.02 Å². The molecule has 3 rings (SSSR count). The van der Waals surface area contributed by atoms with Crippen molar-refractivity contribution in [1.82, 2.24) is 5.32 Å². The van der Waals surface area contributed by atoms with Gasteiger partial charge in [0.25, 0.3) is 10.0 Å². The summed E-state index contributed by atoms with van der Waals surface area (Å²) in [4.78, 5) is 13.0. The molecule has 0 aliphatic carbocycles. The van der Waals surface area contributed by atoms with Crippen molar-refractivity contribution >= 4 is 33.2 Å². The number of amides is 1. The van der Waals surface area contributed by atoms with Crippen LogP contribution in [0.3, 0.4) is 0 Å². The number of rotatable bonds is 9. The molecule has 0 bridgehead atoms. The number of halogens is 1. The molecule has 0 aliphatic heterocycles. The number of nitrogens with one attached hydrogen (secondary N) is 1. The van der Waals surface area contributed by atoms with E-state index >= 15 is 0 Å². The molecule has 1 N–H and O–H groups in total. The molecule has 33 heavy (non-hydrogen) atoms. The maximum Gasteiger partial charge on any atom is 0.264 e. The van der Waals surface area contributed by atoms with E-state index in [1.165, 1.54) is 12.1 Å². The standard InChI is InChI=1S/C25H27ClN2O4S/c1-18-9-7-8-12-24(18)32-17-20(3)27-25(29)16-28(23-14-13-21(26)15-19(23)2)33(30,31)22-10-5-4-6-11-22/h4-15,20H,16-17H2,1-3H3,(H,27,29). The zero-order valence-corrected chi connectivity index (χ0v) is 20.4. The molecule has 3 aromatic rings. The minimum Gasteiger partial charge on any atom is -0.491 e. The summed E-state index contributed by atoms with van der Waals surface area (Å²) in [6.45, 7) is 5.38. The fraction of sp³-hybridized carbons (Fsp3) is 0.240. The number of hydrogen-bond donors (Lipinski definition) is 1. The van der Waals surface area contributed by atoms with Crippen molar-refractivity contribution in [2.75, 3.05) is 17.5 Å². The second-order valence-corrected chi connectivity index (χ2v) is 10.1. The molecule has 174 valence electrons. The van der Waals surface area contributed by atoms with Gasteiger partial charge in [0.1, 0.15) is 18.9 Å². The molecule has 0 spiro atoms. The summed E-state index contributed by atoms with van der Waals surface area (Å²) in [5.41, 5.74) is 2.03. The summed E-state index contributed by atoms with van der Waals surface area (Å²) in [7, 11) is -3.98. The monoisotopic (exact) mass is 486 g/mol. The summed E-state index contributed by atoms with van der Waals surface area (Å²) in [6.07, 6.45) is 0. The van der Waals surface area contributed by atoms with Crippen LogP contribution in [0.1, 0.15) is 18.1 Å². The van der Waals surface area contributed by atoms with Gasteiger partial charge in [-0.3, -0.25) is 9.10 Å². The topological polar surface area (TPSA) is 75.7 Å². The van der Waals surface area contributed by atoms with Gasteiger partial charge in [-0.1, -0.05) is 48.0 Å². The van der Waals surface area contributed by atoms with E-state index in [4.69, 9.17) is 16.3 Å². The van der Waals surface area contributed by atoms with Crippen molar-refractivity contribution in [3.05, 3.63) is 88.9 Å². The van der Waals surface area contributed by atoms with Gasteiger partial charge < -0.3 is 10.1 Å². The van der Waals surface area contributed by atoms with E-state index in [2.05, 4.69) is 5.32 Å². The van der Waals surface area contributed by atoms with E-state index in [1.807, 2.05) is 31.2 Å². The molecule has 0 aromatic heterocycles. The van der Waals surface area contributed by atoms with Crippen LogP contribution in [0.25, 0.3) is 0 Å². The zero-order chi connectivity index (χ0) is 24.0. The smallest absolute Gasteiger partial charge is 0.264 e. The molecule has 8 heteroatoms. The molecule has 1 amide bonds. The van der Waals surface area contributed by atoms with E-state index in [0.29, 0.717) is 16.3 Å². The predicted octanol–water partition coefficient (Wildman–Crippen LogP) is 4.74. The Bertz CT molecular complexity index is 1220. The quantitative estimate of drug-likeness (QED) is 0.474. The van der Waals surface area contributed by atoms with Gasteiger partial charge in [0, 0.05) is 5.02 Å². The first-order valence-electron chi connectivity index (χ1n) is 10.5. The number of aryl methyl sites for hydroxylation is 2. The van der Waals surface area contributed by atoms with Crippen molar-refractivity contribution < 1.29 is 17.9 Å². The maximum absolute atomic E-state index is 13.4. The number of benzene rings is 3. The van der Waals surface area contributed by atoms with Gasteiger partial charge in [-0.2, -0.15) is 0 Å². The lowest BCUT2D eigenvalue weighted by molar-refractivity contribution is -0.120. The first-order valence-corrected chi connectivity index (χ1v) is 12.3. The van der Waals surface area contributed by atoms with Gasteiger partial charge in [0.05, 0.1) is 16.6 Å². The Hall–Kier alpha value is -3.03. The highest BCUT2D eigenvalue weighted by Gasteiger charge is 2.28. The minimum atomic E-state index is -3.98. The molecule has 0 saturated carbocycles. The Labute approximate surface area is 200 Å². The highest BCUT2D eigenvalue weighted by Crippen LogP contribution is 2.28. The van der Waals surface area contributed by atoms with Gasteiger partial charge >= 0.3 is 0 Å². The molecule has 3 aromatic carbocycles. The SMILES string of the molecule is Cc1ccccc1OCC(C)NC(=O)CN(c1ccc(Cl)cc1C)S(=O)(=O)c1ccccc1. The Balaban J connectivity index is 1.78. The van der Waals surface area contributed by atoms with E-state index in [1.54, 1.807) is 50.2 Å². The van der Waals surface area contributed by atoms with Crippen LogP contribution in [0.5, 0.6) is 5.75 Å². The third-order valence-electron chi connectivity index (χ3n) is 5.04. The molecule has 0 heterocycles. The van der Waals surface area contributed by atoms with Crippen LogP contribution in [-0.4, -0.2) is 33.5 Å². The fourth-order valence-corrected chi connectivity index (χ4v) is 5.08. The van der Waals surface area contributed by atoms with E-state index < -0.39 is 15.9 Å².